The largest absolute Gasteiger partial charge is 0.496 e. The summed E-state index contributed by atoms with van der Waals surface area (Å²) in [7, 11) is 2.92. The van der Waals surface area contributed by atoms with Gasteiger partial charge in [-0.25, -0.2) is 0 Å². The average Bonchev–Trinajstić information content (AvgIpc) is 2.04. The molecule has 0 fully saturated rings. The number of hydrogen-bond donors (Lipinski definition) is 0. The molecule has 0 saturated carbocycles. The summed E-state index contributed by atoms with van der Waals surface area (Å²) in [5.41, 5.74) is 0. The molecule has 0 aliphatic carbocycles. The van der Waals surface area contributed by atoms with Gasteiger partial charge in [-0.1, -0.05) is 12.1 Å². The van der Waals surface area contributed by atoms with Crippen LogP contribution >= 0.6 is 22.5 Å². The maximum atomic E-state index is 5.05. The standard InChI is InChI=1S/C7H7OS2/c1-8-6-4-2-3-5-7(6)10-9/h2-5H,1H3. The van der Waals surface area contributed by atoms with E-state index in [9.17, 15) is 0 Å². The normalized spacial score (nSPS) is 9.40. The van der Waals surface area contributed by atoms with Crippen molar-refractivity contribution in [2.45, 2.75) is 4.90 Å². The highest BCUT2D eigenvalue weighted by molar-refractivity contribution is 8.68. The second kappa shape index (κ2) is 3.78. The van der Waals surface area contributed by atoms with Gasteiger partial charge in [0.15, 0.2) is 0 Å². The van der Waals surface area contributed by atoms with E-state index in [0.717, 1.165) is 10.6 Å². The third kappa shape index (κ3) is 1.61. The molecular formula is C7H7OS2. The zero-order valence-corrected chi connectivity index (χ0v) is 7.17. The lowest BCUT2D eigenvalue weighted by molar-refractivity contribution is 0.405. The van der Waals surface area contributed by atoms with Crippen LogP contribution in [0.25, 0.3) is 0 Å². The van der Waals surface area contributed by atoms with Crippen molar-refractivity contribution >= 4 is 22.5 Å². The molecule has 3 heteroatoms. The molecule has 1 nitrogen and oxygen atoms in total. The molecule has 1 aromatic rings. The fraction of sp³-hybridized carbons (Fsp3) is 0.143. The Morgan fingerprint density at radius 1 is 1.40 bits per heavy atom. The van der Waals surface area contributed by atoms with Crippen LogP contribution in [-0.4, -0.2) is 7.11 Å². The molecule has 0 atom stereocenters. The van der Waals surface area contributed by atoms with E-state index in [-0.39, 0.29) is 0 Å². The molecule has 53 valence electrons. The van der Waals surface area contributed by atoms with Crippen molar-refractivity contribution in [3.8, 4) is 5.75 Å². The first-order chi connectivity index (χ1) is 4.88. The van der Waals surface area contributed by atoms with Crippen LogP contribution in [0.1, 0.15) is 0 Å². The Morgan fingerprint density at radius 2 is 2.10 bits per heavy atom. The van der Waals surface area contributed by atoms with E-state index in [4.69, 9.17) is 16.4 Å². The SMILES string of the molecule is COc1ccccc1S[S]. The Morgan fingerprint density at radius 3 is 2.60 bits per heavy atom. The monoisotopic (exact) mass is 171 g/mol. The summed E-state index contributed by atoms with van der Waals surface area (Å²) in [6.07, 6.45) is 0. The molecule has 1 aromatic carbocycles. The van der Waals surface area contributed by atoms with Crippen molar-refractivity contribution < 1.29 is 4.74 Å². The van der Waals surface area contributed by atoms with Gasteiger partial charge in [-0.2, -0.15) is 0 Å². The first-order valence-corrected chi connectivity index (χ1v) is 4.55. The third-order valence-electron chi connectivity index (χ3n) is 1.16. The van der Waals surface area contributed by atoms with Crippen molar-refractivity contribution in [2.75, 3.05) is 7.11 Å². The van der Waals surface area contributed by atoms with Gasteiger partial charge < -0.3 is 4.74 Å². The lowest BCUT2D eigenvalue weighted by atomic mass is 10.3. The van der Waals surface area contributed by atoms with Crippen molar-refractivity contribution in [3.05, 3.63) is 24.3 Å². The van der Waals surface area contributed by atoms with Gasteiger partial charge in [0.2, 0.25) is 0 Å². The topological polar surface area (TPSA) is 9.23 Å². The van der Waals surface area contributed by atoms with Gasteiger partial charge in [-0.15, -0.1) is 0 Å². The highest BCUT2D eigenvalue weighted by atomic mass is 33.1. The number of methoxy groups -OCH3 is 1. The van der Waals surface area contributed by atoms with Crippen molar-refractivity contribution in [3.63, 3.8) is 0 Å². The summed E-state index contributed by atoms with van der Waals surface area (Å²) in [5.74, 6) is 0.850. The molecule has 0 aliphatic rings. The third-order valence-corrected chi connectivity index (χ3v) is 2.21. The molecule has 0 N–H and O–H groups in total. The Kier molecular flexibility index (Phi) is 2.96. The lowest BCUT2D eigenvalue weighted by Crippen LogP contribution is -1.82. The molecular weight excluding hydrogens is 164 g/mol. The van der Waals surface area contributed by atoms with Gasteiger partial charge in [-0.3, -0.25) is 0 Å². The second-order valence-electron chi connectivity index (χ2n) is 1.73. The minimum Gasteiger partial charge on any atom is -0.496 e. The Balaban J connectivity index is 2.96. The zero-order chi connectivity index (χ0) is 7.40. The minimum absolute atomic E-state index is 0.850. The van der Waals surface area contributed by atoms with E-state index in [0.29, 0.717) is 0 Å². The fourth-order valence-electron chi connectivity index (χ4n) is 0.688. The predicted octanol–water partition coefficient (Wildman–Crippen LogP) is 2.90. The molecule has 0 saturated heterocycles. The van der Waals surface area contributed by atoms with Gasteiger partial charge >= 0.3 is 0 Å². The van der Waals surface area contributed by atoms with Crippen LogP contribution in [0.15, 0.2) is 29.2 Å². The Labute approximate surface area is 69.6 Å². The summed E-state index contributed by atoms with van der Waals surface area (Å²) in [6, 6.07) is 7.70. The summed E-state index contributed by atoms with van der Waals surface area (Å²) in [6.45, 7) is 0. The molecule has 0 unspecified atom stereocenters. The first-order valence-electron chi connectivity index (χ1n) is 2.81. The van der Waals surface area contributed by atoms with Crippen LogP contribution in [0.5, 0.6) is 5.75 Å². The lowest BCUT2D eigenvalue weighted by Gasteiger charge is -2.02. The number of benzene rings is 1. The average molecular weight is 171 g/mol. The second-order valence-corrected chi connectivity index (χ2v) is 2.84. The van der Waals surface area contributed by atoms with Gasteiger partial charge in [-0.05, 0) is 34.6 Å². The van der Waals surface area contributed by atoms with E-state index >= 15 is 0 Å². The number of ether oxygens (including phenoxy) is 1. The molecule has 0 aliphatic heterocycles. The molecule has 0 heterocycles. The van der Waals surface area contributed by atoms with E-state index < -0.39 is 0 Å². The van der Waals surface area contributed by atoms with E-state index in [1.54, 1.807) is 7.11 Å². The van der Waals surface area contributed by atoms with Gasteiger partial charge in [0, 0.05) is 0 Å². The molecule has 0 aromatic heterocycles. The molecule has 10 heavy (non-hydrogen) atoms. The molecule has 1 radical (unpaired) electrons. The Bertz CT molecular complexity index is 190. The molecule has 0 bridgehead atoms. The fourth-order valence-corrected chi connectivity index (χ4v) is 1.47. The maximum absolute atomic E-state index is 5.05. The summed E-state index contributed by atoms with van der Waals surface area (Å²) in [5, 5.41) is 0. The maximum Gasteiger partial charge on any atom is 0.133 e. The van der Waals surface area contributed by atoms with Gasteiger partial charge in [0.25, 0.3) is 0 Å². The number of para-hydroxylation sites is 1. The summed E-state index contributed by atoms with van der Waals surface area (Å²) >= 11 is 4.81. The van der Waals surface area contributed by atoms with E-state index in [2.05, 4.69) is 0 Å². The van der Waals surface area contributed by atoms with Crippen molar-refractivity contribution in [1.82, 2.24) is 0 Å². The van der Waals surface area contributed by atoms with Crippen LogP contribution in [0.4, 0.5) is 0 Å². The van der Waals surface area contributed by atoms with E-state index in [1.807, 2.05) is 24.3 Å². The highest BCUT2D eigenvalue weighted by Gasteiger charge is 1.97. The molecule has 1 rings (SSSR count). The predicted molar refractivity (Wildman–Crippen MR) is 46.4 cm³/mol. The zero-order valence-electron chi connectivity index (χ0n) is 5.53. The number of hydrogen-bond acceptors (Lipinski definition) is 2. The van der Waals surface area contributed by atoms with Crippen LogP contribution in [0, 0.1) is 0 Å². The Hall–Kier alpha value is -0.280. The smallest absolute Gasteiger partial charge is 0.133 e. The summed E-state index contributed by atoms with van der Waals surface area (Å²) in [4.78, 5) is 1.00. The number of rotatable bonds is 2. The molecule has 0 amide bonds. The summed E-state index contributed by atoms with van der Waals surface area (Å²) < 4.78 is 5.05. The van der Waals surface area contributed by atoms with Crippen molar-refractivity contribution in [1.29, 1.82) is 0 Å². The van der Waals surface area contributed by atoms with E-state index in [1.165, 1.54) is 10.8 Å². The van der Waals surface area contributed by atoms with Crippen LogP contribution in [-0.2, 0) is 0 Å². The van der Waals surface area contributed by atoms with Gasteiger partial charge in [0.05, 0.1) is 12.0 Å². The first kappa shape index (κ1) is 7.82. The van der Waals surface area contributed by atoms with Crippen molar-refractivity contribution in [2.24, 2.45) is 0 Å². The van der Waals surface area contributed by atoms with Gasteiger partial charge in [0.1, 0.15) is 5.75 Å². The molecule has 0 spiro atoms. The van der Waals surface area contributed by atoms with Crippen LogP contribution < -0.4 is 4.74 Å². The quantitative estimate of drug-likeness (QED) is 0.633. The van der Waals surface area contributed by atoms with Crippen LogP contribution in [0.3, 0.4) is 0 Å². The highest BCUT2D eigenvalue weighted by Crippen LogP contribution is 2.30. The van der Waals surface area contributed by atoms with Crippen LogP contribution in [0.2, 0.25) is 0 Å². The minimum atomic E-state index is 0.850.